The number of nitrogens with zero attached hydrogens (tertiary/aromatic N) is 1. The van der Waals surface area contributed by atoms with E-state index in [4.69, 9.17) is 0 Å². The molecule has 1 N–H and O–H groups in total. The van der Waals surface area contributed by atoms with Gasteiger partial charge < -0.3 is 5.32 Å². The molecular formula is C14H22N2O3S. The van der Waals surface area contributed by atoms with Gasteiger partial charge in [0.15, 0.2) is 0 Å². The van der Waals surface area contributed by atoms with E-state index in [-0.39, 0.29) is 11.9 Å². The highest BCUT2D eigenvalue weighted by atomic mass is 32.2. The summed E-state index contributed by atoms with van der Waals surface area (Å²) in [7, 11) is -1.86. The van der Waals surface area contributed by atoms with Gasteiger partial charge in [0.1, 0.15) is 0 Å². The summed E-state index contributed by atoms with van der Waals surface area (Å²) in [5.74, 6) is -0.185. The highest BCUT2D eigenvalue weighted by Gasteiger charge is 2.14. The molecule has 5 nitrogen and oxygen atoms in total. The second kappa shape index (κ2) is 6.74. The van der Waals surface area contributed by atoms with Gasteiger partial charge in [0.05, 0.1) is 11.9 Å². The lowest BCUT2D eigenvalue weighted by Gasteiger charge is -2.18. The molecule has 20 heavy (non-hydrogen) atoms. The van der Waals surface area contributed by atoms with Gasteiger partial charge in [-0.15, -0.1) is 0 Å². The van der Waals surface area contributed by atoms with Crippen molar-refractivity contribution in [2.24, 2.45) is 0 Å². The normalized spacial score (nSPS) is 12.8. The number of carbonyl (C=O) groups is 1. The number of carbonyl (C=O) groups excluding carboxylic acids is 1. The second-order valence-corrected chi connectivity index (χ2v) is 6.96. The van der Waals surface area contributed by atoms with Crippen LogP contribution in [0.1, 0.15) is 37.0 Å². The van der Waals surface area contributed by atoms with Crippen LogP contribution in [0.3, 0.4) is 0 Å². The average Bonchev–Trinajstić information content (AvgIpc) is 2.37. The quantitative estimate of drug-likeness (QED) is 0.873. The van der Waals surface area contributed by atoms with Gasteiger partial charge >= 0.3 is 0 Å². The number of nitrogens with one attached hydrogen (secondary N) is 1. The highest BCUT2D eigenvalue weighted by Crippen LogP contribution is 2.17. The van der Waals surface area contributed by atoms with E-state index < -0.39 is 10.0 Å². The second-order valence-electron chi connectivity index (χ2n) is 4.94. The first kappa shape index (κ1) is 16.5. The average molecular weight is 298 g/mol. The van der Waals surface area contributed by atoms with Crippen molar-refractivity contribution in [1.29, 1.82) is 0 Å². The van der Waals surface area contributed by atoms with E-state index >= 15 is 0 Å². The summed E-state index contributed by atoms with van der Waals surface area (Å²) in [5.41, 5.74) is 0.934. The predicted molar refractivity (Wildman–Crippen MR) is 81.5 cm³/mol. The smallest absolute Gasteiger partial charge is 0.251 e. The van der Waals surface area contributed by atoms with Crippen LogP contribution in [0.2, 0.25) is 0 Å². The third-order valence-corrected chi connectivity index (χ3v) is 4.27. The molecule has 1 rings (SSSR count). The van der Waals surface area contributed by atoms with Crippen molar-refractivity contribution >= 4 is 21.6 Å². The van der Waals surface area contributed by atoms with Gasteiger partial charge in [-0.1, -0.05) is 19.4 Å². The van der Waals surface area contributed by atoms with Crippen LogP contribution in [0.25, 0.3) is 0 Å². The molecule has 1 aromatic carbocycles. The molecule has 1 aromatic rings. The molecule has 0 saturated heterocycles. The molecular weight excluding hydrogens is 276 g/mol. The number of benzene rings is 1. The summed E-state index contributed by atoms with van der Waals surface area (Å²) >= 11 is 0. The fourth-order valence-corrected chi connectivity index (χ4v) is 2.34. The van der Waals surface area contributed by atoms with E-state index in [1.54, 1.807) is 24.3 Å². The summed E-state index contributed by atoms with van der Waals surface area (Å²) in [4.78, 5) is 12.1. The molecule has 0 saturated carbocycles. The van der Waals surface area contributed by atoms with Crippen molar-refractivity contribution in [1.82, 2.24) is 5.32 Å². The highest BCUT2D eigenvalue weighted by molar-refractivity contribution is 7.92. The zero-order valence-electron chi connectivity index (χ0n) is 12.4. The number of rotatable bonds is 6. The molecule has 112 valence electrons. The Morgan fingerprint density at radius 2 is 2.05 bits per heavy atom. The lowest BCUT2D eigenvalue weighted by Crippen LogP contribution is -2.32. The minimum atomic E-state index is -3.33. The van der Waals surface area contributed by atoms with Gasteiger partial charge in [-0.2, -0.15) is 0 Å². The van der Waals surface area contributed by atoms with Crippen molar-refractivity contribution in [3.05, 3.63) is 29.8 Å². The molecule has 0 aromatic heterocycles. The minimum Gasteiger partial charge on any atom is -0.350 e. The molecule has 0 fully saturated rings. The lowest BCUT2D eigenvalue weighted by atomic mass is 10.1. The van der Waals surface area contributed by atoms with Crippen LogP contribution in [0.15, 0.2) is 24.3 Å². The SMILES string of the molecule is CCCC(C)NC(=O)c1cccc(N(C)S(C)(=O)=O)c1. The largest absolute Gasteiger partial charge is 0.350 e. The maximum Gasteiger partial charge on any atom is 0.251 e. The maximum atomic E-state index is 12.1. The van der Waals surface area contributed by atoms with Crippen LogP contribution in [0, 0.1) is 0 Å². The first-order valence-corrected chi connectivity index (χ1v) is 8.45. The standard InChI is InChI=1S/C14H22N2O3S/c1-5-7-11(2)15-14(17)12-8-6-9-13(10-12)16(3)20(4,18)19/h6,8-11H,5,7H2,1-4H3,(H,15,17). The number of amides is 1. The summed E-state index contributed by atoms with van der Waals surface area (Å²) in [6.07, 6.45) is 3.04. The number of sulfonamides is 1. The van der Waals surface area contributed by atoms with Crippen molar-refractivity contribution in [2.75, 3.05) is 17.6 Å². The van der Waals surface area contributed by atoms with Gasteiger partial charge in [0, 0.05) is 18.7 Å². The van der Waals surface area contributed by atoms with Crippen molar-refractivity contribution in [3.63, 3.8) is 0 Å². The number of hydrogen-bond donors (Lipinski definition) is 1. The van der Waals surface area contributed by atoms with Crippen LogP contribution in [0.5, 0.6) is 0 Å². The summed E-state index contributed by atoms with van der Waals surface area (Å²) in [5, 5.41) is 2.90. The van der Waals surface area contributed by atoms with Gasteiger partial charge in [0.2, 0.25) is 10.0 Å². The van der Waals surface area contributed by atoms with Crippen molar-refractivity contribution in [3.8, 4) is 0 Å². The van der Waals surface area contributed by atoms with Crippen LogP contribution >= 0.6 is 0 Å². The third-order valence-electron chi connectivity index (χ3n) is 3.07. The lowest BCUT2D eigenvalue weighted by molar-refractivity contribution is 0.0938. The molecule has 0 aliphatic rings. The fraction of sp³-hybridized carbons (Fsp3) is 0.500. The topological polar surface area (TPSA) is 66.5 Å². The van der Waals surface area contributed by atoms with Crippen molar-refractivity contribution < 1.29 is 13.2 Å². The number of hydrogen-bond acceptors (Lipinski definition) is 3. The zero-order valence-corrected chi connectivity index (χ0v) is 13.2. The number of anilines is 1. The maximum absolute atomic E-state index is 12.1. The predicted octanol–water partition coefficient (Wildman–Crippen LogP) is 2.00. The molecule has 0 aliphatic heterocycles. The van der Waals surface area contributed by atoms with Crippen LogP contribution in [-0.2, 0) is 10.0 Å². The molecule has 6 heteroatoms. The van der Waals surface area contributed by atoms with E-state index in [9.17, 15) is 13.2 Å². The molecule has 1 atom stereocenters. The van der Waals surface area contributed by atoms with E-state index in [1.165, 1.54) is 7.05 Å². The van der Waals surface area contributed by atoms with Gasteiger partial charge in [-0.25, -0.2) is 8.42 Å². The molecule has 1 amide bonds. The van der Waals surface area contributed by atoms with E-state index in [2.05, 4.69) is 12.2 Å². The van der Waals surface area contributed by atoms with Crippen LogP contribution < -0.4 is 9.62 Å². The Bertz CT molecular complexity index is 570. The Morgan fingerprint density at radius 1 is 1.40 bits per heavy atom. The molecule has 0 bridgehead atoms. The molecule has 0 spiro atoms. The zero-order chi connectivity index (χ0) is 15.3. The van der Waals surface area contributed by atoms with Gasteiger partial charge in [-0.3, -0.25) is 9.10 Å². The first-order chi connectivity index (χ1) is 9.25. The van der Waals surface area contributed by atoms with Crippen LogP contribution in [-0.4, -0.2) is 33.7 Å². The van der Waals surface area contributed by atoms with Crippen LogP contribution in [0.4, 0.5) is 5.69 Å². The third kappa shape index (κ3) is 4.52. The Morgan fingerprint density at radius 3 is 2.60 bits per heavy atom. The first-order valence-electron chi connectivity index (χ1n) is 6.60. The Labute approximate surface area is 121 Å². The van der Waals surface area contributed by atoms with E-state index in [0.717, 1.165) is 23.4 Å². The van der Waals surface area contributed by atoms with Gasteiger partial charge in [-0.05, 0) is 31.5 Å². The monoisotopic (exact) mass is 298 g/mol. The Balaban J connectivity index is 2.91. The summed E-state index contributed by atoms with van der Waals surface area (Å²) in [6.45, 7) is 4.01. The Hall–Kier alpha value is -1.56. The molecule has 0 heterocycles. The molecule has 0 radical (unpaired) electrons. The molecule has 1 unspecified atom stereocenters. The summed E-state index contributed by atoms with van der Waals surface area (Å²) < 4.78 is 24.2. The van der Waals surface area contributed by atoms with E-state index in [1.807, 2.05) is 6.92 Å². The van der Waals surface area contributed by atoms with Crippen molar-refractivity contribution in [2.45, 2.75) is 32.7 Å². The summed E-state index contributed by atoms with van der Waals surface area (Å²) in [6, 6.07) is 6.69. The molecule has 0 aliphatic carbocycles. The fourth-order valence-electron chi connectivity index (χ4n) is 1.85. The van der Waals surface area contributed by atoms with E-state index in [0.29, 0.717) is 11.3 Å². The minimum absolute atomic E-state index is 0.101. The Kier molecular flexibility index (Phi) is 5.56. The van der Waals surface area contributed by atoms with Gasteiger partial charge in [0.25, 0.3) is 5.91 Å².